The highest BCUT2D eigenvalue weighted by Gasteiger charge is 2.34. The van der Waals surface area contributed by atoms with Crippen molar-refractivity contribution in [3.8, 4) is 0 Å². The Bertz CT molecular complexity index is 503. The molecule has 4 nitrogen and oxygen atoms in total. The summed E-state index contributed by atoms with van der Waals surface area (Å²) in [5.74, 6) is 0.860. The third kappa shape index (κ3) is 3.70. The monoisotopic (exact) mass is 286 g/mol. The van der Waals surface area contributed by atoms with Gasteiger partial charge in [-0.3, -0.25) is 14.5 Å². The predicted octanol–water partition coefficient (Wildman–Crippen LogP) is 1.81. The molecule has 1 heterocycles. The van der Waals surface area contributed by atoms with Gasteiger partial charge in [-0.2, -0.15) is 0 Å². The molecule has 1 aromatic carbocycles. The minimum Gasteiger partial charge on any atom is -0.340 e. The van der Waals surface area contributed by atoms with E-state index in [-0.39, 0.29) is 5.78 Å². The standard InChI is InChI=1S/C17H22N2O2/c20-16(14-4-2-1-3-5-14)8-9-18-10-12-19(13-11-18)17(21)15-6-7-15/h1-5,15H,6-13H2. The van der Waals surface area contributed by atoms with Crippen LogP contribution in [-0.4, -0.2) is 54.2 Å². The molecule has 21 heavy (non-hydrogen) atoms. The molecule has 0 atom stereocenters. The van der Waals surface area contributed by atoms with Gasteiger partial charge in [0.05, 0.1) is 0 Å². The van der Waals surface area contributed by atoms with E-state index in [1.807, 2.05) is 35.2 Å². The zero-order chi connectivity index (χ0) is 14.7. The van der Waals surface area contributed by atoms with E-state index < -0.39 is 0 Å². The number of piperazine rings is 1. The fraction of sp³-hybridized carbons (Fsp3) is 0.529. The van der Waals surface area contributed by atoms with Gasteiger partial charge in [0.2, 0.25) is 5.91 Å². The molecule has 1 saturated heterocycles. The van der Waals surface area contributed by atoms with Crippen LogP contribution in [0.3, 0.4) is 0 Å². The van der Waals surface area contributed by atoms with Crippen LogP contribution < -0.4 is 0 Å². The van der Waals surface area contributed by atoms with Crippen molar-refractivity contribution in [3.63, 3.8) is 0 Å². The third-order valence-electron chi connectivity index (χ3n) is 4.36. The van der Waals surface area contributed by atoms with E-state index in [0.29, 0.717) is 18.2 Å². The van der Waals surface area contributed by atoms with E-state index >= 15 is 0 Å². The number of benzene rings is 1. The molecule has 0 unspecified atom stereocenters. The largest absolute Gasteiger partial charge is 0.340 e. The molecule has 1 amide bonds. The number of carbonyl (C=O) groups is 2. The van der Waals surface area contributed by atoms with Gasteiger partial charge >= 0.3 is 0 Å². The lowest BCUT2D eigenvalue weighted by Crippen LogP contribution is -2.49. The number of rotatable bonds is 5. The Morgan fingerprint density at radius 3 is 2.29 bits per heavy atom. The van der Waals surface area contributed by atoms with E-state index in [9.17, 15) is 9.59 Å². The summed E-state index contributed by atoms with van der Waals surface area (Å²) in [6.07, 6.45) is 2.70. The lowest BCUT2D eigenvalue weighted by atomic mass is 10.1. The van der Waals surface area contributed by atoms with Gasteiger partial charge in [-0.1, -0.05) is 30.3 Å². The van der Waals surface area contributed by atoms with Crippen molar-refractivity contribution in [1.29, 1.82) is 0 Å². The average molecular weight is 286 g/mol. The van der Waals surface area contributed by atoms with Crippen LogP contribution in [0.15, 0.2) is 30.3 Å². The highest BCUT2D eigenvalue weighted by Crippen LogP contribution is 2.31. The fourth-order valence-corrected chi connectivity index (χ4v) is 2.81. The van der Waals surface area contributed by atoms with Gasteiger partial charge in [-0.05, 0) is 12.8 Å². The Labute approximate surface area is 125 Å². The molecule has 2 fully saturated rings. The molecule has 0 aromatic heterocycles. The summed E-state index contributed by atoms with van der Waals surface area (Å²) in [5, 5.41) is 0. The van der Waals surface area contributed by atoms with Gasteiger partial charge in [0.15, 0.2) is 5.78 Å². The van der Waals surface area contributed by atoms with Crippen molar-refractivity contribution < 1.29 is 9.59 Å². The Morgan fingerprint density at radius 1 is 1.00 bits per heavy atom. The maximum Gasteiger partial charge on any atom is 0.225 e. The Kier molecular flexibility index (Phi) is 4.34. The van der Waals surface area contributed by atoms with Crippen molar-refractivity contribution in [2.75, 3.05) is 32.7 Å². The number of Topliss-reactive ketones (excluding diaryl/α,β-unsaturated/α-hetero) is 1. The van der Waals surface area contributed by atoms with E-state index in [1.165, 1.54) is 0 Å². The van der Waals surface area contributed by atoms with Gasteiger partial charge in [0.1, 0.15) is 0 Å². The average Bonchev–Trinajstić information content (AvgIpc) is 3.38. The molecule has 0 spiro atoms. The Balaban J connectivity index is 1.41. The van der Waals surface area contributed by atoms with E-state index in [2.05, 4.69) is 4.90 Å². The minimum atomic E-state index is 0.201. The summed E-state index contributed by atoms with van der Waals surface area (Å²) in [5.41, 5.74) is 0.792. The zero-order valence-electron chi connectivity index (χ0n) is 12.3. The Hall–Kier alpha value is -1.68. The molecular weight excluding hydrogens is 264 g/mol. The first-order chi connectivity index (χ1) is 10.2. The summed E-state index contributed by atoms with van der Waals surface area (Å²) in [6.45, 7) is 4.20. The second-order valence-corrected chi connectivity index (χ2v) is 5.98. The number of nitrogens with zero attached hydrogens (tertiary/aromatic N) is 2. The SMILES string of the molecule is O=C(CCN1CCN(C(=O)C2CC2)CC1)c1ccccc1. The molecule has 0 radical (unpaired) electrons. The maximum atomic E-state index is 12.1. The molecular formula is C17H22N2O2. The van der Waals surface area contributed by atoms with Gasteiger partial charge in [0.25, 0.3) is 0 Å². The summed E-state index contributed by atoms with van der Waals surface area (Å²) in [6, 6.07) is 9.46. The van der Waals surface area contributed by atoms with Crippen LogP contribution in [0.2, 0.25) is 0 Å². The minimum absolute atomic E-state index is 0.201. The molecule has 0 bridgehead atoms. The highest BCUT2D eigenvalue weighted by atomic mass is 16.2. The third-order valence-corrected chi connectivity index (χ3v) is 4.36. The second kappa shape index (κ2) is 6.39. The summed E-state index contributed by atoms with van der Waals surface area (Å²) in [7, 11) is 0. The number of ketones is 1. The van der Waals surface area contributed by atoms with Gasteiger partial charge in [-0.15, -0.1) is 0 Å². The number of amides is 1. The maximum absolute atomic E-state index is 12.1. The normalized spacial score (nSPS) is 19.5. The molecule has 1 saturated carbocycles. The topological polar surface area (TPSA) is 40.6 Å². The number of hydrogen-bond donors (Lipinski definition) is 0. The van der Waals surface area contributed by atoms with Gasteiger partial charge in [-0.25, -0.2) is 0 Å². The lowest BCUT2D eigenvalue weighted by molar-refractivity contribution is -0.134. The van der Waals surface area contributed by atoms with Crippen molar-refractivity contribution in [2.45, 2.75) is 19.3 Å². The predicted molar refractivity (Wildman–Crippen MR) is 81.1 cm³/mol. The van der Waals surface area contributed by atoms with Crippen molar-refractivity contribution in [3.05, 3.63) is 35.9 Å². The lowest BCUT2D eigenvalue weighted by Gasteiger charge is -2.34. The number of hydrogen-bond acceptors (Lipinski definition) is 3. The van der Waals surface area contributed by atoms with Gasteiger partial charge in [0, 0.05) is 50.6 Å². The summed E-state index contributed by atoms with van der Waals surface area (Å²) in [4.78, 5) is 28.3. The van der Waals surface area contributed by atoms with Crippen molar-refractivity contribution in [2.24, 2.45) is 5.92 Å². The van der Waals surface area contributed by atoms with Crippen LogP contribution in [-0.2, 0) is 4.79 Å². The molecule has 0 N–H and O–H groups in total. The van der Waals surface area contributed by atoms with E-state index in [4.69, 9.17) is 0 Å². The number of carbonyl (C=O) groups excluding carboxylic acids is 2. The first kappa shape index (κ1) is 14.3. The fourth-order valence-electron chi connectivity index (χ4n) is 2.81. The molecule has 1 aromatic rings. The van der Waals surface area contributed by atoms with Crippen LogP contribution in [0.1, 0.15) is 29.6 Å². The molecule has 2 aliphatic rings. The van der Waals surface area contributed by atoms with E-state index in [1.54, 1.807) is 0 Å². The van der Waals surface area contributed by atoms with Crippen LogP contribution in [0.5, 0.6) is 0 Å². The van der Waals surface area contributed by atoms with Crippen molar-refractivity contribution >= 4 is 11.7 Å². The van der Waals surface area contributed by atoms with Crippen LogP contribution >= 0.6 is 0 Å². The summed E-state index contributed by atoms with van der Waals surface area (Å²) < 4.78 is 0. The van der Waals surface area contributed by atoms with Crippen molar-refractivity contribution in [1.82, 2.24) is 9.80 Å². The molecule has 3 rings (SSSR count). The van der Waals surface area contributed by atoms with Crippen LogP contribution in [0.4, 0.5) is 0 Å². The molecule has 1 aliphatic carbocycles. The molecule has 1 aliphatic heterocycles. The molecule has 112 valence electrons. The zero-order valence-corrected chi connectivity index (χ0v) is 12.3. The van der Waals surface area contributed by atoms with E-state index in [0.717, 1.165) is 51.1 Å². The van der Waals surface area contributed by atoms with Gasteiger partial charge < -0.3 is 4.90 Å². The summed E-state index contributed by atoms with van der Waals surface area (Å²) >= 11 is 0. The first-order valence-electron chi connectivity index (χ1n) is 7.83. The second-order valence-electron chi connectivity index (χ2n) is 5.98. The Morgan fingerprint density at radius 2 is 1.67 bits per heavy atom. The van der Waals surface area contributed by atoms with Crippen LogP contribution in [0.25, 0.3) is 0 Å². The van der Waals surface area contributed by atoms with Crippen LogP contribution in [0, 0.1) is 5.92 Å². The highest BCUT2D eigenvalue weighted by molar-refractivity contribution is 5.96. The quantitative estimate of drug-likeness (QED) is 0.775. The smallest absolute Gasteiger partial charge is 0.225 e. The first-order valence-corrected chi connectivity index (χ1v) is 7.83. The molecule has 4 heteroatoms.